The van der Waals surface area contributed by atoms with Crippen molar-refractivity contribution in [2.75, 3.05) is 20.8 Å². The van der Waals surface area contributed by atoms with E-state index in [4.69, 9.17) is 18.9 Å². The van der Waals surface area contributed by atoms with Crippen molar-refractivity contribution >= 4 is 23.4 Å². The summed E-state index contributed by atoms with van der Waals surface area (Å²) < 4.78 is 23.8. The molecule has 4 N–H and O–H groups in total. The number of piperidine rings is 1. The Balaban J connectivity index is 1.69. The van der Waals surface area contributed by atoms with Crippen LogP contribution >= 0.6 is 0 Å². The molecule has 13 heteroatoms. The normalized spacial score (nSPS) is 42.0. The molecule has 2 bridgehead atoms. The van der Waals surface area contributed by atoms with Crippen molar-refractivity contribution in [3.63, 3.8) is 0 Å². The summed E-state index contributed by atoms with van der Waals surface area (Å²) in [6, 6.07) is -1.12. The molecule has 1 aliphatic carbocycles. The summed E-state index contributed by atoms with van der Waals surface area (Å²) in [5, 5.41) is 45.2. The summed E-state index contributed by atoms with van der Waals surface area (Å²) in [7, 11) is 3.17. The second kappa shape index (κ2) is 24.6. The number of aliphatic hydroxyl groups is 4. The van der Waals surface area contributed by atoms with E-state index in [1.165, 1.54) is 4.90 Å². The molecule has 4 rings (SSSR count). The van der Waals surface area contributed by atoms with Crippen LogP contribution in [-0.4, -0.2) is 124 Å². The summed E-state index contributed by atoms with van der Waals surface area (Å²) in [6.07, 6.45) is 12.7. The maximum Gasteiger partial charge on any atom is 0.329 e. The van der Waals surface area contributed by atoms with Crippen molar-refractivity contribution in [2.45, 2.75) is 187 Å². The van der Waals surface area contributed by atoms with Crippen LogP contribution in [0.15, 0.2) is 47.6 Å². The fraction of sp³-hybridized carbons (Fsp3) is 0.765. The van der Waals surface area contributed by atoms with Gasteiger partial charge in [-0.1, -0.05) is 78.0 Å². The van der Waals surface area contributed by atoms with Crippen LogP contribution in [0.4, 0.5) is 0 Å². The molecule has 0 radical (unpaired) electrons. The van der Waals surface area contributed by atoms with Crippen LogP contribution in [-0.2, 0) is 38.1 Å². The predicted octanol–water partition coefficient (Wildman–Crippen LogP) is 6.59. The standard InChI is InChI=1S/C51H81NO12/c1-30-16-12-11-13-17-31(2)43(61-9)28-39-21-19-36(7)51(60,64-39)48(57)49(58)52-23-15-14-18-40(52)50(59)63-44(33(4)26-38-20-22-41(53)45(27-38)62-10)29-42(54)32(3)25-35(6)47(56)37(8)46(55)34(5)24-30/h11-13,16-17,25,30,32-34,36-41,43-47,53,55-56,60H,14-15,18-24,26-29H2,1-10H3/b13-11+,16-12+,31-17+,35-25+/t30-,32-,33-,34-,36-,37+,38+,39+,40+,41-,43+,44+,45-,46?,47-,51-/m1/s1. The van der Waals surface area contributed by atoms with E-state index < -0.39 is 83.9 Å². The van der Waals surface area contributed by atoms with Crippen LogP contribution in [0.2, 0.25) is 0 Å². The highest BCUT2D eigenvalue weighted by atomic mass is 16.6. The quantitative estimate of drug-likeness (QED) is 0.132. The van der Waals surface area contributed by atoms with Gasteiger partial charge in [0, 0.05) is 51.4 Å². The lowest BCUT2D eigenvalue weighted by molar-refractivity contribution is -0.265. The van der Waals surface area contributed by atoms with Crippen LogP contribution < -0.4 is 0 Å². The Hall–Kier alpha value is -3.04. The van der Waals surface area contributed by atoms with Gasteiger partial charge in [-0.15, -0.1) is 0 Å². The van der Waals surface area contributed by atoms with Gasteiger partial charge in [-0.3, -0.25) is 14.4 Å². The minimum absolute atomic E-state index is 0.104. The van der Waals surface area contributed by atoms with Gasteiger partial charge in [0.25, 0.3) is 11.7 Å². The topological polar surface area (TPSA) is 189 Å². The number of carbonyl (C=O) groups excluding carboxylic acids is 4. The number of cyclic esters (lactones) is 1. The Morgan fingerprint density at radius 2 is 1.58 bits per heavy atom. The van der Waals surface area contributed by atoms with E-state index in [0.29, 0.717) is 63.4 Å². The molecule has 1 amide bonds. The SMILES string of the molecule is CO[C@H]1C[C@@H]2CC[C@@H](C)[C@@](O)(O2)C(=O)C(=O)N2CCCC[C@H]2C(=O)O[C@H]([C@H](C)C[C@@H]2CC[C@@H](O)[C@H](OC)C2)CC(=O)[C@H](C)/C=C(\C)[C@@H](O)[C@@H](C)C(O)[C@H](C)C[C@H](C)/C=C/C=C/C=C/1C. The smallest absolute Gasteiger partial charge is 0.329 e. The van der Waals surface area contributed by atoms with Gasteiger partial charge in [0.15, 0.2) is 0 Å². The molecule has 64 heavy (non-hydrogen) atoms. The Bertz CT molecular complexity index is 1690. The number of esters is 1. The van der Waals surface area contributed by atoms with Gasteiger partial charge in [0.2, 0.25) is 5.79 Å². The highest BCUT2D eigenvalue weighted by molar-refractivity contribution is 6.39. The molecule has 0 aromatic carbocycles. The first kappa shape index (κ1) is 53.6. The van der Waals surface area contributed by atoms with Crippen molar-refractivity contribution in [3.8, 4) is 0 Å². The highest BCUT2D eigenvalue weighted by Crippen LogP contribution is 2.38. The van der Waals surface area contributed by atoms with E-state index >= 15 is 0 Å². The average Bonchev–Trinajstić information content (AvgIpc) is 3.27. The Labute approximate surface area is 382 Å². The Kier molecular flexibility index (Phi) is 20.6. The number of methoxy groups -OCH3 is 2. The fourth-order valence-electron chi connectivity index (χ4n) is 10.4. The summed E-state index contributed by atoms with van der Waals surface area (Å²) in [5.74, 6) is -7.51. The number of rotatable bonds is 5. The first-order chi connectivity index (χ1) is 30.2. The molecule has 1 saturated carbocycles. The van der Waals surface area contributed by atoms with Crippen LogP contribution in [0, 0.1) is 41.4 Å². The zero-order valence-electron chi connectivity index (χ0n) is 40.3. The van der Waals surface area contributed by atoms with Crippen LogP contribution in [0.25, 0.3) is 0 Å². The van der Waals surface area contributed by atoms with Crippen molar-refractivity contribution < 1.29 is 58.6 Å². The molecule has 0 aromatic rings. The number of aliphatic hydroxyl groups excluding tert-OH is 3. The molecule has 2 saturated heterocycles. The summed E-state index contributed by atoms with van der Waals surface area (Å²) in [5.41, 5.74) is 1.46. The number of Topliss-reactive ketones (excluding diaryl/α,β-unsaturated/α-hetero) is 2. The third kappa shape index (κ3) is 14.0. The molecule has 3 aliphatic heterocycles. The van der Waals surface area contributed by atoms with E-state index in [1.54, 1.807) is 41.1 Å². The molecule has 362 valence electrons. The maximum absolute atomic E-state index is 14.4. The van der Waals surface area contributed by atoms with Crippen molar-refractivity contribution in [1.29, 1.82) is 0 Å². The number of allylic oxidation sites excluding steroid dienone is 6. The number of fused-ring (bicyclic) bond motifs is 3. The first-order valence-corrected chi connectivity index (χ1v) is 24.0. The molecule has 4 aliphatic rings. The average molecular weight is 900 g/mol. The lowest BCUT2D eigenvalue weighted by atomic mass is 9.78. The van der Waals surface area contributed by atoms with Gasteiger partial charge in [-0.25, -0.2) is 4.79 Å². The molecule has 16 atom stereocenters. The van der Waals surface area contributed by atoms with Crippen molar-refractivity contribution in [1.82, 2.24) is 4.90 Å². The second-order valence-corrected chi connectivity index (χ2v) is 20.0. The van der Waals surface area contributed by atoms with E-state index in [-0.39, 0.29) is 54.9 Å². The molecular formula is C51H81NO12. The van der Waals surface area contributed by atoms with Crippen LogP contribution in [0.5, 0.6) is 0 Å². The van der Waals surface area contributed by atoms with Gasteiger partial charge in [-0.05, 0) is 113 Å². The molecule has 3 fully saturated rings. The lowest BCUT2D eigenvalue weighted by Gasteiger charge is -2.42. The maximum atomic E-state index is 14.4. The molecule has 3 heterocycles. The highest BCUT2D eigenvalue weighted by Gasteiger charge is 2.53. The molecule has 1 unspecified atom stereocenters. The first-order valence-electron chi connectivity index (χ1n) is 24.0. The number of hydrogen-bond donors (Lipinski definition) is 4. The van der Waals surface area contributed by atoms with E-state index in [0.717, 1.165) is 12.0 Å². The van der Waals surface area contributed by atoms with Crippen LogP contribution in [0.1, 0.15) is 132 Å². The molecular weight excluding hydrogens is 819 g/mol. The number of hydrogen-bond acceptors (Lipinski definition) is 12. The van der Waals surface area contributed by atoms with Gasteiger partial charge in [0.05, 0.1) is 36.6 Å². The number of ketones is 2. The minimum atomic E-state index is -2.41. The second-order valence-electron chi connectivity index (χ2n) is 20.0. The zero-order chi connectivity index (χ0) is 47.5. The van der Waals surface area contributed by atoms with Gasteiger partial charge in [0.1, 0.15) is 17.9 Å². The molecule has 0 spiro atoms. The van der Waals surface area contributed by atoms with Crippen LogP contribution in [0.3, 0.4) is 0 Å². The summed E-state index contributed by atoms with van der Waals surface area (Å²) >= 11 is 0. The number of amides is 1. The number of nitrogens with zero attached hydrogens (tertiary/aromatic N) is 1. The zero-order valence-corrected chi connectivity index (χ0v) is 40.3. The third-order valence-electron chi connectivity index (χ3n) is 14.8. The van der Waals surface area contributed by atoms with Gasteiger partial charge in [-0.2, -0.15) is 0 Å². The van der Waals surface area contributed by atoms with Gasteiger partial charge < -0.3 is 44.3 Å². The predicted molar refractivity (Wildman–Crippen MR) is 245 cm³/mol. The fourth-order valence-corrected chi connectivity index (χ4v) is 10.4. The van der Waals surface area contributed by atoms with E-state index in [2.05, 4.69) is 13.0 Å². The van der Waals surface area contributed by atoms with E-state index in [9.17, 15) is 39.6 Å². The third-order valence-corrected chi connectivity index (χ3v) is 14.8. The number of carbonyl (C=O) groups is 4. The largest absolute Gasteiger partial charge is 0.460 e. The van der Waals surface area contributed by atoms with E-state index in [1.807, 2.05) is 52.0 Å². The summed E-state index contributed by atoms with van der Waals surface area (Å²) in [4.78, 5) is 58.1. The molecule has 13 nitrogen and oxygen atoms in total. The molecule has 0 aromatic heterocycles. The Morgan fingerprint density at radius 3 is 2.27 bits per heavy atom. The lowest BCUT2D eigenvalue weighted by Crippen LogP contribution is -2.61. The Morgan fingerprint density at radius 1 is 0.859 bits per heavy atom. The van der Waals surface area contributed by atoms with Crippen molar-refractivity contribution in [2.24, 2.45) is 41.4 Å². The number of ether oxygens (including phenoxy) is 4. The monoisotopic (exact) mass is 900 g/mol. The minimum Gasteiger partial charge on any atom is -0.460 e. The summed E-state index contributed by atoms with van der Waals surface area (Å²) in [6.45, 7) is 15.0. The van der Waals surface area contributed by atoms with Crippen molar-refractivity contribution in [3.05, 3.63) is 47.6 Å². The van der Waals surface area contributed by atoms with Gasteiger partial charge >= 0.3 is 5.97 Å².